The fraction of sp³-hybridized carbons (Fsp3) is 0.300. The first-order valence-corrected chi connectivity index (χ1v) is 4.87. The molecule has 0 saturated carbocycles. The topological polar surface area (TPSA) is 0 Å². The molecule has 1 atom stereocenters. The summed E-state index contributed by atoms with van der Waals surface area (Å²) in [7, 11) is 0. The van der Waals surface area contributed by atoms with Crippen molar-refractivity contribution in [2.45, 2.75) is 12.8 Å². The fourth-order valence-electron chi connectivity index (χ4n) is 1.09. The molecule has 0 heterocycles. The Morgan fingerprint density at radius 1 is 1.50 bits per heavy atom. The van der Waals surface area contributed by atoms with Gasteiger partial charge in [-0.1, -0.05) is 6.07 Å². The van der Waals surface area contributed by atoms with Crippen LogP contribution < -0.4 is 0 Å². The van der Waals surface area contributed by atoms with Gasteiger partial charge in [-0.2, -0.15) is 0 Å². The van der Waals surface area contributed by atoms with Crippen molar-refractivity contribution >= 4 is 22.6 Å². The van der Waals surface area contributed by atoms with Gasteiger partial charge < -0.3 is 0 Å². The molecule has 0 aromatic heterocycles. The van der Waals surface area contributed by atoms with E-state index >= 15 is 0 Å². The van der Waals surface area contributed by atoms with Crippen molar-refractivity contribution in [2.24, 2.45) is 0 Å². The molecular formula is C10H11FI. The van der Waals surface area contributed by atoms with Gasteiger partial charge in [0.15, 0.2) is 0 Å². The van der Waals surface area contributed by atoms with Crippen LogP contribution in [-0.4, -0.2) is 6.67 Å². The maximum absolute atomic E-state index is 12.3. The number of halogens is 2. The minimum Gasteiger partial charge on any atom is -0.250 e. The highest BCUT2D eigenvalue weighted by molar-refractivity contribution is 14.1. The Kier molecular flexibility index (Phi) is 3.50. The van der Waals surface area contributed by atoms with Gasteiger partial charge in [0.1, 0.15) is 0 Å². The van der Waals surface area contributed by atoms with Crippen LogP contribution in [0.2, 0.25) is 0 Å². The van der Waals surface area contributed by atoms with E-state index in [1.165, 1.54) is 5.56 Å². The number of alkyl halides is 1. The van der Waals surface area contributed by atoms with Gasteiger partial charge in [-0.05, 0) is 59.7 Å². The summed E-state index contributed by atoms with van der Waals surface area (Å²) in [5, 5.41) is 0. The van der Waals surface area contributed by atoms with Crippen LogP contribution in [0.1, 0.15) is 17.0 Å². The van der Waals surface area contributed by atoms with Crippen LogP contribution in [0.3, 0.4) is 0 Å². The lowest BCUT2D eigenvalue weighted by Gasteiger charge is -2.08. The number of hydrogen-bond donors (Lipinski definition) is 0. The maximum atomic E-state index is 12.3. The van der Waals surface area contributed by atoms with Crippen molar-refractivity contribution in [2.75, 3.05) is 6.67 Å². The summed E-state index contributed by atoms with van der Waals surface area (Å²) in [5.41, 5.74) is 2.15. The Hall–Kier alpha value is -0.120. The summed E-state index contributed by atoms with van der Waals surface area (Å²) in [5.74, 6) is -0.224. The Morgan fingerprint density at radius 3 is 2.67 bits per heavy atom. The predicted molar refractivity (Wildman–Crippen MR) is 58.0 cm³/mol. The van der Waals surface area contributed by atoms with Crippen LogP contribution in [-0.2, 0) is 0 Å². The van der Waals surface area contributed by atoms with Crippen LogP contribution in [0.15, 0.2) is 18.2 Å². The Bertz CT molecular complexity index is 250. The number of benzene rings is 1. The summed E-state index contributed by atoms with van der Waals surface area (Å²) in [4.78, 5) is 0. The molecule has 1 aromatic rings. The summed E-state index contributed by atoms with van der Waals surface area (Å²) in [6.45, 7) is 5.35. The molecule has 65 valence electrons. The van der Waals surface area contributed by atoms with Gasteiger partial charge in [0.05, 0.1) is 6.67 Å². The number of hydrogen-bond acceptors (Lipinski definition) is 0. The average molecular weight is 277 g/mol. The monoisotopic (exact) mass is 277 g/mol. The molecule has 0 aliphatic rings. The van der Waals surface area contributed by atoms with E-state index in [1.54, 1.807) is 0 Å². The molecule has 0 spiro atoms. The molecule has 2 heteroatoms. The SMILES string of the molecule is [CH2]C(CF)c1cc(C)cc(I)c1. The second-order valence-electron chi connectivity index (χ2n) is 2.91. The van der Waals surface area contributed by atoms with Gasteiger partial charge in [-0.25, -0.2) is 0 Å². The van der Waals surface area contributed by atoms with Gasteiger partial charge in [0.2, 0.25) is 0 Å². The van der Waals surface area contributed by atoms with Crippen molar-refractivity contribution in [1.82, 2.24) is 0 Å². The van der Waals surface area contributed by atoms with Crippen LogP contribution in [0.5, 0.6) is 0 Å². The Labute approximate surface area is 86.3 Å². The first kappa shape index (κ1) is 9.96. The summed E-state index contributed by atoms with van der Waals surface area (Å²) in [6.07, 6.45) is 0. The summed E-state index contributed by atoms with van der Waals surface area (Å²) < 4.78 is 13.4. The van der Waals surface area contributed by atoms with Gasteiger partial charge in [0.25, 0.3) is 0 Å². The second kappa shape index (κ2) is 4.21. The lowest BCUT2D eigenvalue weighted by molar-refractivity contribution is 0.465. The summed E-state index contributed by atoms with van der Waals surface area (Å²) in [6, 6.07) is 6.03. The third-order valence-corrected chi connectivity index (χ3v) is 2.34. The normalized spacial score (nSPS) is 13.0. The zero-order chi connectivity index (χ0) is 9.14. The molecular weight excluding hydrogens is 266 g/mol. The van der Waals surface area contributed by atoms with E-state index in [0.29, 0.717) is 0 Å². The smallest absolute Gasteiger partial charge is 0.0962 e. The molecule has 0 nitrogen and oxygen atoms in total. The third-order valence-electron chi connectivity index (χ3n) is 1.72. The van der Waals surface area contributed by atoms with Crippen molar-refractivity contribution < 1.29 is 4.39 Å². The van der Waals surface area contributed by atoms with Crippen molar-refractivity contribution in [3.05, 3.63) is 39.8 Å². The van der Waals surface area contributed by atoms with E-state index in [2.05, 4.69) is 35.6 Å². The van der Waals surface area contributed by atoms with Gasteiger partial charge in [0, 0.05) is 9.49 Å². The second-order valence-corrected chi connectivity index (χ2v) is 4.16. The van der Waals surface area contributed by atoms with E-state index in [-0.39, 0.29) is 12.6 Å². The molecule has 1 rings (SSSR count). The standard InChI is InChI=1S/C10H11FI/c1-7-3-9(8(2)6-11)5-10(12)4-7/h3-5,8H,2,6H2,1H3. The molecule has 0 aliphatic heterocycles. The van der Waals surface area contributed by atoms with Crippen molar-refractivity contribution in [1.29, 1.82) is 0 Å². The van der Waals surface area contributed by atoms with E-state index in [4.69, 9.17) is 0 Å². The van der Waals surface area contributed by atoms with E-state index < -0.39 is 0 Å². The van der Waals surface area contributed by atoms with Crippen LogP contribution in [0, 0.1) is 17.4 Å². The Morgan fingerprint density at radius 2 is 2.17 bits per heavy atom. The zero-order valence-electron chi connectivity index (χ0n) is 6.98. The number of aryl methyl sites for hydroxylation is 1. The molecule has 12 heavy (non-hydrogen) atoms. The van der Waals surface area contributed by atoms with Gasteiger partial charge in [-0.15, -0.1) is 0 Å². The molecule has 1 unspecified atom stereocenters. The molecule has 0 N–H and O–H groups in total. The molecule has 0 saturated heterocycles. The largest absolute Gasteiger partial charge is 0.250 e. The van der Waals surface area contributed by atoms with Crippen LogP contribution in [0.4, 0.5) is 4.39 Å². The average Bonchev–Trinajstić information content (AvgIpc) is 2.01. The highest BCUT2D eigenvalue weighted by Gasteiger charge is 2.05. The molecule has 0 aliphatic carbocycles. The summed E-state index contributed by atoms with van der Waals surface area (Å²) >= 11 is 2.23. The highest BCUT2D eigenvalue weighted by Crippen LogP contribution is 2.19. The first-order chi connectivity index (χ1) is 5.63. The van der Waals surface area contributed by atoms with Gasteiger partial charge in [-0.3, -0.25) is 4.39 Å². The Balaban J connectivity index is 3.00. The molecule has 0 fully saturated rings. The fourth-order valence-corrected chi connectivity index (χ4v) is 1.94. The van der Waals surface area contributed by atoms with E-state index in [9.17, 15) is 4.39 Å². The first-order valence-electron chi connectivity index (χ1n) is 3.79. The molecule has 1 aromatic carbocycles. The van der Waals surface area contributed by atoms with Crippen LogP contribution in [0.25, 0.3) is 0 Å². The molecule has 0 bridgehead atoms. The number of rotatable bonds is 2. The predicted octanol–water partition coefficient (Wildman–Crippen LogP) is 3.49. The third kappa shape index (κ3) is 2.44. The minimum absolute atomic E-state index is 0.224. The quantitative estimate of drug-likeness (QED) is 0.726. The van der Waals surface area contributed by atoms with Crippen molar-refractivity contribution in [3.8, 4) is 0 Å². The molecule has 1 radical (unpaired) electrons. The zero-order valence-corrected chi connectivity index (χ0v) is 9.14. The van der Waals surface area contributed by atoms with E-state index in [1.807, 2.05) is 19.1 Å². The van der Waals surface area contributed by atoms with Crippen molar-refractivity contribution in [3.63, 3.8) is 0 Å². The van der Waals surface area contributed by atoms with Crippen LogP contribution >= 0.6 is 22.6 Å². The lowest BCUT2D eigenvalue weighted by Crippen LogP contribution is -1.96. The maximum Gasteiger partial charge on any atom is 0.0962 e. The molecule has 0 amide bonds. The van der Waals surface area contributed by atoms with Gasteiger partial charge >= 0.3 is 0 Å². The minimum atomic E-state index is -0.389. The highest BCUT2D eigenvalue weighted by atomic mass is 127. The lowest BCUT2D eigenvalue weighted by atomic mass is 10.0. The van der Waals surface area contributed by atoms with E-state index in [0.717, 1.165) is 9.13 Å².